The number of para-hydroxylation sites is 1. The van der Waals surface area contributed by atoms with Crippen molar-refractivity contribution in [3.05, 3.63) is 89.5 Å². The number of aromatic hydroxyl groups is 1. The molecule has 0 saturated heterocycles. The van der Waals surface area contributed by atoms with Gasteiger partial charge in [0, 0.05) is 12.7 Å². The summed E-state index contributed by atoms with van der Waals surface area (Å²) in [4.78, 5) is 20.9. The second-order valence-corrected chi connectivity index (χ2v) is 6.39. The van der Waals surface area contributed by atoms with Crippen molar-refractivity contribution in [1.29, 1.82) is 0 Å². The summed E-state index contributed by atoms with van der Waals surface area (Å²) in [6, 6.07) is 7.43. The summed E-state index contributed by atoms with van der Waals surface area (Å²) in [6.07, 6.45) is 1.25. The molecule has 0 aliphatic carbocycles. The van der Waals surface area contributed by atoms with E-state index in [9.17, 15) is 23.1 Å². The van der Waals surface area contributed by atoms with Crippen LogP contribution in [0.4, 0.5) is 13.2 Å². The molecule has 0 atom stereocenters. The van der Waals surface area contributed by atoms with Crippen LogP contribution in [-0.2, 0) is 12.7 Å². The van der Waals surface area contributed by atoms with E-state index >= 15 is 0 Å². The van der Waals surface area contributed by atoms with E-state index in [0.717, 1.165) is 16.3 Å². The Morgan fingerprint density at radius 3 is 2.57 bits per heavy atom. The highest BCUT2D eigenvalue weighted by Crippen LogP contribution is 2.33. The van der Waals surface area contributed by atoms with E-state index in [2.05, 4.69) is 23.1 Å². The monoisotopic (exact) mass is 413 g/mol. The second kappa shape index (κ2) is 8.36. The second-order valence-electron chi connectivity index (χ2n) is 6.39. The Morgan fingerprint density at radius 1 is 1.20 bits per heavy atom. The van der Waals surface area contributed by atoms with Crippen LogP contribution in [0.1, 0.15) is 12.1 Å². The van der Waals surface area contributed by atoms with Crippen molar-refractivity contribution in [3.63, 3.8) is 0 Å². The van der Waals surface area contributed by atoms with Gasteiger partial charge in [-0.1, -0.05) is 43.5 Å². The molecule has 1 N–H and O–H groups in total. The summed E-state index contributed by atoms with van der Waals surface area (Å²) in [7, 11) is 0. The maximum absolute atomic E-state index is 13.5. The van der Waals surface area contributed by atoms with Crippen molar-refractivity contribution in [2.45, 2.75) is 19.1 Å². The Morgan fingerprint density at radius 2 is 1.93 bits per heavy atom. The Bertz CT molecular complexity index is 1210. The van der Waals surface area contributed by atoms with Crippen molar-refractivity contribution in [2.75, 3.05) is 0 Å². The van der Waals surface area contributed by atoms with Crippen LogP contribution in [-0.4, -0.2) is 19.6 Å². The Hall–Kier alpha value is -3.68. The van der Waals surface area contributed by atoms with Crippen LogP contribution in [0.3, 0.4) is 0 Å². The van der Waals surface area contributed by atoms with Crippen LogP contribution in [0.25, 0.3) is 22.3 Å². The van der Waals surface area contributed by atoms with Gasteiger partial charge in [-0.3, -0.25) is 14.3 Å². The number of nitrogens with zero attached hydrogens (tertiary/aromatic N) is 3. The van der Waals surface area contributed by atoms with Gasteiger partial charge < -0.3 is 5.11 Å². The predicted molar refractivity (Wildman–Crippen MR) is 109 cm³/mol. The van der Waals surface area contributed by atoms with Crippen LogP contribution >= 0.6 is 0 Å². The fraction of sp³-hybridized carbons (Fsp3) is 0.136. The molecule has 30 heavy (non-hydrogen) atoms. The van der Waals surface area contributed by atoms with Crippen LogP contribution in [0.15, 0.2) is 78.3 Å². The van der Waals surface area contributed by atoms with Crippen LogP contribution in [0, 0.1) is 0 Å². The number of pyridine rings is 1. The quantitative estimate of drug-likeness (QED) is 0.586. The minimum Gasteiger partial charge on any atom is -0.507 e. The molecule has 0 bridgehead atoms. The van der Waals surface area contributed by atoms with Gasteiger partial charge in [0.1, 0.15) is 11.6 Å². The van der Waals surface area contributed by atoms with Gasteiger partial charge in [-0.15, -0.1) is 0 Å². The van der Waals surface area contributed by atoms with E-state index in [1.54, 1.807) is 36.4 Å². The highest BCUT2D eigenvalue weighted by molar-refractivity contribution is 5.82. The molecular formula is C22H18F3N3O2. The Balaban J connectivity index is 2.32. The lowest BCUT2D eigenvalue weighted by Crippen LogP contribution is -2.26. The van der Waals surface area contributed by atoms with Crippen LogP contribution in [0.2, 0.25) is 0 Å². The fourth-order valence-corrected chi connectivity index (χ4v) is 3.10. The maximum Gasteiger partial charge on any atom is 0.434 e. The van der Waals surface area contributed by atoms with Crippen molar-refractivity contribution < 1.29 is 18.3 Å². The summed E-state index contributed by atoms with van der Waals surface area (Å²) in [5.41, 5.74) is -1.36. The van der Waals surface area contributed by atoms with Gasteiger partial charge in [0.2, 0.25) is 0 Å². The highest BCUT2D eigenvalue weighted by atomic mass is 19.4. The molecule has 5 nitrogen and oxygen atoms in total. The van der Waals surface area contributed by atoms with Gasteiger partial charge in [0.05, 0.1) is 16.5 Å². The molecular weight excluding hydrogens is 395 g/mol. The van der Waals surface area contributed by atoms with E-state index in [-0.39, 0.29) is 29.2 Å². The van der Waals surface area contributed by atoms with Crippen LogP contribution in [0.5, 0.6) is 5.75 Å². The lowest BCUT2D eigenvalue weighted by Gasteiger charge is -2.16. The third-order valence-electron chi connectivity index (χ3n) is 4.50. The van der Waals surface area contributed by atoms with E-state index in [1.165, 1.54) is 12.1 Å². The molecule has 2 aromatic heterocycles. The number of alkyl halides is 3. The third kappa shape index (κ3) is 4.03. The van der Waals surface area contributed by atoms with Crippen molar-refractivity contribution in [2.24, 2.45) is 0 Å². The molecule has 0 radical (unpaired) electrons. The van der Waals surface area contributed by atoms with Crippen LogP contribution < -0.4 is 5.56 Å². The number of halogens is 3. The number of rotatable bonds is 6. The first kappa shape index (κ1) is 21.0. The molecule has 0 spiro atoms. The number of hydrogen-bond donors (Lipinski definition) is 1. The fourth-order valence-electron chi connectivity index (χ4n) is 3.10. The van der Waals surface area contributed by atoms with Crippen molar-refractivity contribution in [1.82, 2.24) is 14.5 Å². The SMILES string of the molecule is C=C/C=C(\C=C)CCn1c(-c2ccccc2O)nc2ccnc(C(F)(F)F)c2c1=O. The van der Waals surface area contributed by atoms with E-state index in [0.29, 0.717) is 6.42 Å². The minimum absolute atomic E-state index is 0.0172. The molecule has 1 aromatic carbocycles. The largest absolute Gasteiger partial charge is 0.507 e. The normalized spacial score (nSPS) is 12.2. The summed E-state index contributed by atoms with van der Waals surface area (Å²) in [5, 5.41) is 9.64. The van der Waals surface area contributed by atoms with Gasteiger partial charge in [-0.25, -0.2) is 4.98 Å². The van der Waals surface area contributed by atoms with E-state index in [4.69, 9.17) is 0 Å². The average Bonchev–Trinajstić information content (AvgIpc) is 2.71. The number of allylic oxidation sites excluding steroid dienone is 4. The lowest BCUT2D eigenvalue weighted by atomic mass is 10.1. The molecule has 154 valence electrons. The zero-order valence-corrected chi connectivity index (χ0v) is 15.9. The summed E-state index contributed by atoms with van der Waals surface area (Å²) < 4.78 is 41.5. The molecule has 0 aliphatic heterocycles. The van der Waals surface area contributed by atoms with Crippen molar-refractivity contribution in [3.8, 4) is 17.1 Å². The average molecular weight is 413 g/mol. The molecule has 0 aliphatic rings. The van der Waals surface area contributed by atoms with Gasteiger partial charge in [-0.05, 0) is 30.2 Å². The first-order valence-corrected chi connectivity index (χ1v) is 8.97. The third-order valence-corrected chi connectivity index (χ3v) is 4.50. The molecule has 2 heterocycles. The molecule has 3 rings (SSSR count). The molecule has 0 fully saturated rings. The maximum atomic E-state index is 13.5. The number of phenols is 1. The number of aromatic nitrogens is 3. The summed E-state index contributed by atoms with van der Waals surface area (Å²) in [6.45, 7) is 7.31. The van der Waals surface area contributed by atoms with E-state index in [1.807, 2.05) is 0 Å². The number of fused-ring (bicyclic) bond motifs is 1. The topological polar surface area (TPSA) is 68.0 Å². The zero-order valence-electron chi connectivity index (χ0n) is 15.9. The minimum atomic E-state index is -4.82. The molecule has 3 aromatic rings. The van der Waals surface area contributed by atoms with Gasteiger partial charge in [0.25, 0.3) is 5.56 Å². The van der Waals surface area contributed by atoms with E-state index < -0.39 is 22.8 Å². The first-order valence-electron chi connectivity index (χ1n) is 8.97. The molecule has 0 saturated carbocycles. The summed E-state index contributed by atoms with van der Waals surface area (Å²) in [5.74, 6) is -0.0832. The molecule has 0 amide bonds. The van der Waals surface area contributed by atoms with Gasteiger partial charge in [-0.2, -0.15) is 13.2 Å². The number of phenolic OH excluding ortho intramolecular Hbond substituents is 1. The Kier molecular flexibility index (Phi) is 5.86. The van der Waals surface area contributed by atoms with Gasteiger partial charge >= 0.3 is 6.18 Å². The molecule has 8 heteroatoms. The highest BCUT2D eigenvalue weighted by Gasteiger charge is 2.36. The standard InChI is InChI=1S/C22H18F3N3O2/c1-3-7-14(4-2)11-13-28-20(15-8-5-6-9-17(15)29)27-16-10-12-26-19(22(23,24)25)18(16)21(28)30/h3-10,12,29H,1-2,11,13H2/b14-7+. The lowest BCUT2D eigenvalue weighted by molar-refractivity contribution is -0.139. The number of benzene rings is 1. The zero-order chi connectivity index (χ0) is 21.9. The number of hydrogen-bond acceptors (Lipinski definition) is 4. The Labute approximate surface area is 170 Å². The first-order chi connectivity index (χ1) is 14.3. The predicted octanol–water partition coefficient (Wildman–Crippen LogP) is 4.87. The van der Waals surface area contributed by atoms with Gasteiger partial charge in [0.15, 0.2) is 5.69 Å². The molecule has 0 unspecified atom stereocenters. The smallest absolute Gasteiger partial charge is 0.434 e. The van der Waals surface area contributed by atoms with Crippen molar-refractivity contribution >= 4 is 10.9 Å². The summed E-state index contributed by atoms with van der Waals surface area (Å²) >= 11 is 0.